The van der Waals surface area contributed by atoms with Crippen LogP contribution < -0.4 is 0 Å². The van der Waals surface area contributed by atoms with Gasteiger partial charge in [-0.15, -0.1) is 0 Å². The second-order valence-corrected chi connectivity index (χ2v) is 4.99. The average molecular weight is 206 g/mol. The molecule has 0 nitrogen and oxygen atoms in total. The van der Waals surface area contributed by atoms with Gasteiger partial charge in [0.25, 0.3) is 0 Å². The molecule has 2 unspecified atom stereocenters. The van der Waals surface area contributed by atoms with Crippen LogP contribution in [0, 0.1) is 11.8 Å². The Balaban J connectivity index is 3.16. The fourth-order valence-corrected chi connectivity index (χ4v) is 3.01. The quantitative estimate of drug-likeness (QED) is 0.601. The van der Waals surface area contributed by atoms with E-state index >= 15 is 0 Å². The molecule has 0 fully saturated rings. The predicted molar refractivity (Wildman–Crippen MR) is 68.9 cm³/mol. The smallest absolute Gasteiger partial charge is 0.0163 e. The largest absolute Gasteiger partial charge is 0.0665 e. The SMILES string of the molecule is CCCC1=C(C)C(CC)=C(C)C(C)C1C. The van der Waals surface area contributed by atoms with Crippen molar-refractivity contribution in [2.24, 2.45) is 11.8 Å². The molecule has 0 aliphatic heterocycles. The van der Waals surface area contributed by atoms with Crippen LogP contribution in [0.3, 0.4) is 0 Å². The molecule has 15 heavy (non-hydrogen) atoms. The van der Waals surface area contributed by atoms with Crippen LogP contribution in [0.15, 0.2) is 22.3 Å². The minimum absolute atomic E-state index is 0.741. The molecule has 0 spiro atoms. The van der Waals surface area contributed by atoms with Crippen LogP contribution in [-0.2, 0) is 0 Å². The van der Waals surface area contributed by atoms with E-state index in [0.29, 0.717) is 0 Å². The van der Waals surface area contributed by atoms with Gasteiger partial charge in [-0.1, -0.05) is 45.3 Å². The third-order valence-corrected chi connectivity index (χ3v) is 4.27. The summed E-state index contributed by atoms with van der Waals surface area (Å²) in [7, 11) is 0. The fourth-order valence-electron chi connectivity index (χ4n) is 3.01. The van der Waals surface area contributed by atoms with E-state index in [0.717, 1.165) is 11.8 Å². The summed E-state index contributed by atoms with van der Waals surface area (Å²) in [4.78, 5) is 0. The summed E-state index contributed by atoms with van der Waals surface area (Å²) in [5.74, 6) is 1.49. The molecular formula is C15H26. The van der Waals surface area contributed by atoms with E-state index in [9.17, 15) is 0 Å². The molecule has 1 rings (SSSR count). The van der Waals surface area contributed by atoms with Crippen LogP contribution in [-0.4, -0.2) is 0 Å². The van der Waals surface area contributed by atoms with Gasteiger partial charge in [0.1, 0.15) is 0 Å². The Hall–Kier alpha value is -0.520. The lowest BCUT2D eigenvalue weighted by atomic mass is 9.72. The highest BCUT2D eigenvalue weighted by molar-refractivity contribution is 5.42. The molecule has 0 radical (unpaired) electrons. The topological polar surface area (TPSA) is 0 Å². The molecule has 0 heteroatoms. The van der Waals surface area contributed by atoms with Gasteiger partial charge in [-0.2, -0.15) is 0 Å². The predicted octanol–water partition coefficient (Wildman–Crippen LogP) is 5.12. The van der Waals surface area contributed by atoms with Crippen molar-refractivity contribution in [1.82, 2.24) is 0 Å². The molecule has 0 aromatic rings. The van der Waals surface area contributed by atoms with E-state index < -0.39 is 0 Å². The zero-order valence-electron chi connectivity index (χ0n) is 11.3. The van der Waals surface area contributed by atoms with E-state index in [1.54, 1.807) is 22.3 Å². The van der Waals surface area contributed by atoms with Crippen molar-refractivity contribution in [3.63, 3.8) is 0 Å². The Kier molecular flexibility index (Phi) is 4.19. The van der Waals surface area contributed by atoms with Crippen molar-refractivity contribution in [3.05, 3.63) is 22.3 Å². The summed E-state index contributed by atoms with van der Waals surface area (Å²) >= 11 is 0. The summed E-state index contributed by atoms with van der Waals surface area (Å²) in [5, 5.41) is 0. The molecule has 0 saturated heterocycles. The molecule has 1 aliphatic rings. The van der Waals surface area contributed by atoms with Crippen molar-refractivity contribution in [2.45, 2.75) is 60.8 Å². The Morgan fingerprint density at radius 2 is 1.60 bits per heavy atom. The summed E-state index contributed by atoms with van der Waals surface area (Å²) in [5.41, 5.74) is 6.57. The lowest BCUT2D eigenvalue weighted by Crippen LogP contribution is -2.20. The van der Waals surface area contributed by atoms with Gasteiger partial charge in [0.05, 0.1) is 0 Å². The number of hydrogen-bond donors (Lipinski definition) is 0. The van der Waals surface area contributed by atoms with Gasteiger partial charge in [0, 0.05) is 0 Å². The van der Waals surface area contributed by atoms with Crippen molar-refractivity contribution in [2.75, 3.05) is 0 Å². The Bertz CT molecular complexity index is 291. The van der Waals surface area contributed by atoms with E-state index in [1.165, 1.54) is 19.3 Å². The second kappa shape index (κ2) is 5.01. The van der Waals surface area contributed by atoms with E-state index in [2.05, 4.69) is 41.5 Å². The van der Waals surface area contributed by atoms with Gasteiger partial charge < -0.3 is 0 Å². The minimum Gasteiger partial charge on any atom is -0.0665 e. The van der Waals surface area contributed by atoms with Crippen LogP contribution in [0.2, 0.25) is 0 Å². The van der Waals surface area contributed by atoms with Crippen LogP contribution >= 0.6 is 0 Å². The first-order valence-corrected chi connectivity index (χ1v) is 6.44. The van der Waals surface area contributed by atoms with Crippen molar-refractivity contribution in [3.8, 4) is 0 Å². The summed E-state index contributed by atoms with van der Waals surface area (Å²) in [6, 6.07) is 0. The van der Waals surface area contributed by atoms with E-state index in [1.807, 2.05) is 0 Å². The maximum Gasteiger partial charge on any atom is -0.0163 e. The maximum absolute atomic E-state index is 2.40. The fraction of sp³-hybridized carbons (Fsp3) is 0.733. The summed E-state index contributed by atoms with van der Waals surface area (Å²) < 4.78 is 0. The van der Waals surface area contributed by atoms with Crippen molar-refractivity contribution >= 4 is 0 Å². The standard InChI is InChI=1S/C15H26/c1-7-9-15-12(5)10(3)11(4)14(8-2)13(15)6/h10,12H,7-9H2,1-6H3. The highest BCUT2D eigenvalue weighted by Gasteiger charge is 2.26. The third kappa shape index (κ3) is 2.19. The van der Waals surface area contributed by atoms with Crippen LogP contribution in [0.5, 0.6) is 0 Å². The summed E-state index contributed by atoms with van der Waals surface area (Å²) in [6.07, 6.45) is 3.76. The van der Waals surface area contributed by atoms with Crippen LogP contribution in [0.4, 0.5) is 0 Å². The van der Waals surface area contributed by atoms with Crippen LogP contribution in [0.1, 0.15) is 60.8 Å². The molecule has 1 aliphatic carbocycles. The van der Waals surface area contributed by atoms with Gasteiger partial charge >= 0.3 is 0 Å². The highest BCUT2D eigenvalue weighted by atomic mass is 14.3. The van der Waals surface area contributed by atoms with Gasteiger partial charge in [0.2, 0.25) is 0 Å². The zero-order valence-corrected chi connectivity index (χ0v) is 11.3. The Labute approximate surface area is 95.5 Å². The molecule has 0 aromatic heterocycles. The molecule has 0 heterocycles. The molecular weight excluding hydrogens is 180 g/mol. The Morgan fingerprint density at radius 3 is 2.07 bits per heavy atom. The first-order chi connectivity index (χ1) is 7.04. The number of hydrogen-bond acceptors (Lipinski definition) is 0. The average Bonchev–Trinajstić information content (AvgIpc) is 2.22. The highest BCUT2D eigenvalue weighted by Crippen LogP contribution is 2.41. The van der Waals surface area contributed by atoms with Gasteiger partial charge in [-0.3, -0.25) is 0 Å². The molecule has 0 aromatic carbocycles. The first-order valence-electron chi connectivity index (χ1n) is 6.44. The number of allylic oxidation sites excluding steroid dienone is 4. The normalized spacial score (nSPS) is 27.6. The maximum atomic E-state index is 2.40. The monoisotopic (exact) mass is 206 g/mol. The second-order valence-electron chi connectivity index (χ2n) is 4.99. The zero-order chi connectivity index (χ0) is 11.6. The van der Waals surface area contributed by atoms with Crippen LogP contribution in [0.25, 0.3) is 0 Å². The van der Waals surface area contributed by atoms with E-state index in [4.69, 9.17) is 0 Å². The lowest BCUT2D eigenvalue weighted by molar-refractivity contribution is 0.467. The minimum atomic E-state index is 0.741. The molecule has 0 bridgehead atoms. The Morgan fingerprint density at radius 1 is 1.00 bits per heavy atom. The van der Waals surface area contributed by atoms with Gasteiger partial charge in [-0.25, -0.2) is 0 Å². The molecule has 0 N–H and O–H groups in total. The van der Waals surface area contributed by atoms with Crippen molar-refractivity contribution < 1.29 is 0 Å². The molecule has 2 atom stereocenters. The number of rotatable bonds is 3. The molecule has 0 amide bonds. The molecule has 86 valence electrons. The van der Waals surface area contributed by atoms with Gasteiger partial charge in [0.15, 0.2) is 0 Å². The van der Waals surface area contributed by atoms with Crippen molar-refractivity contribution in [1.29, 1.82) is 0 Å². The third-order valence-electron chi connectivity index (χ3n) is 4.27. The first kappa shape index (κ1) is 12.5. The van der Waals surface area contributed by atoms with E-state index in [-0.39, 0.29) is 0 Å². The lowest BCUT2D eigenvalue weighted by Gasteiger charge is -2.33. The summed E-state index contributed by atoms with van der Waals surface area (Å²) in [6.45, 7) is 14.0. The van der Waals surface area contributed by atoms with Gasteiger partial charge in [-0.05, 0) is 49.7 Å². The molecule has 0 saturated carbocycles.